The number of hydrogen-bond acceptors (Lipinski definition) is 2. The van der Waals surface area contributed by atoms with Crippen LogP contribution in [0, 0.1) is 0 Å². The first-order valence-corrected chi connectivity index (χ1v) is 9.36. The number of carbonyl (C=O) groups is 1. The Bertz CT molecular complexity index is 1150. The minimum absolute atomic E-state index is 0.0775. The highest BCUT2D eigenvalue weighted by Gasteiger charge is 2.32. The first-order valence-electron chi connectivity index (χ1n) is 9.36. The van der Waals surface area contributed by atoms with Gasteiger partial charge in [-0.15, -0.1) is 0 Å². The van der Waals surface area contributed by atoms with E-state index in [2.05, 4.69) is 15.3 Å². The summed E-state index contributed by atoms with van der Waals surface area (Å²) in [5, 5.41) is 3.89. The van der Waals surface area contributed by atoms with Crippen LogP contribution in [-0.4, -0.2) is 22.4 Å². The topological polar surface area (TPSA) is 57.8 Å². The Labute approximate surface area is 170 Å². The molecule has 30 heavy (non-hydrogen) atoms. The summed E-state index contributed by atoms with van der Waals surface area (Å²) in [4.78, 5) is 19.1. The summed E-state index contributed by atoms with van der Waals surface area (Å²) in [7, 11) is 0. The van der Waals surface area contributed by atoms with Crippen LogP contribution in [0.25, 0.3) is 10.9 Å². The number of halogens is 3. The molecular formula is C23H18F3N3O. The minimum atomic E-state index is -4.54. The van der Waals surface area contributed by atoms with E-state index in [0.29, 0.717) is 0 Å². The van der Waals surface area contributed by atoms with Gasteiger partial charge in [-0.1, -0.05) is 48.5 Å². The third kappa shape index (κ3) is 4.05. The van der Waals surface area contributed by atoms with Gasteiger partial charge >= 0.3 is 6.18 Å². The van der Waals surface area contributed by atoms with Crippen molar-refractivity contribution in [2.24, 2.45) is 0 Å². The zero-order chi connectivity index (χ0) is 21.1. The summed E-state index contributed by atoms with van der Waals surface area (Å²) in [6.45, 7) is 0.283. The molecule has 4 aromatic rings. The number of amides is 1. The molecule has 0 bridgehead atoms. The summed E-state index contributed by atoms with van der Waals surface area (Å²) < 4.78 is 38.0. The molecule has 152 valence electrons. The molecule has 7 heteroatoms. The zero-order valence-corrected chi connectivity index (χ0v) is 15.8. The van der Waals surface area contributed by atoms with Gasteiger partial charge in [0.05, 0.1) is 5.56 Å². The van der Waals surface area contributed by atoms with Crippen LogP contribution in [0.3, 0.4) is 0 Å². The van der Waals surface area contributed by atoms with Gasteiger partial charge in [0.25, 0.3) is 5.91 Å². The molecule has 0 saturated heterocycles. The Morgan fingerprint density at radius 1 is 1.00 bits per heavy atom. The average Bonchev–Trinajstić information content (AvgIpc) is 3.18. The van der Waals surface area contributed by atoms with Crippen molar-refractivity contribution in [3.05, 3.63) is 102 Å². The third-order valence-corrected chi connectivity index (χ3v) is 4.98. The molecule has 1 unspecified atom stereocenters. The van der Waals surface area contributed by atoms with Crippen molar-refractivity contribution < 1.29 is 18.0 Å². The number of aromatic nitrogens is 2. The van der Waals surface area contributed by atoms with Crippen molar-refractivity contribution in [1.29, 1.82) is 0 Å². The maximum absolute atomic E-state index is 12.7. The lowest BCUT2D eigenvalue weighted by Gasteiger charge is -2.18. The maximum Gasteiger partial charge on any atom is 0.433 e. The van der Waals surface area contributed by atoms with E-state index in [9.17, 15) is 18.0 Å². The van der Waals surface area contributed by atoms with Gasteiger partial charge in [0.1, 0.15) is 5.69 Å². The number of nitrogens with one attached hydrogen (secondary N) is 2. The summed E-state index contributed by atoms with van der Waals surface area (Å²) in [5.41, 5.74) is 2.09. The highest BCUT2D eigenvalue weighted by atomic mass is 19.4. The lowest BCUT2D eigenvalue weighted by molar-refractivity contribution is -0.141. The van der Waals surface area contributed by atoms with Crippen LogP contribution in [0.15, 0.2) is 79.1 Å². The molecular weight excluding hydrogens is 391 g/mol. The number of benzene rings is 2. The lowest BCUT2D eigenvalue weighted by Crippen LogP contribution is -2.29. The van der Waals surface area contributed by atoms with Crippen molar-refractivity contribution in [3.63, 3.8) is 0 Å². The van der Waals surface area contributed by atoms with Gasteiger partial charge in [-0.25, -0.2) is 0 Å². The Morgan fingerprint density at radius 2 is 1.73 bits per heavy atom. The average molecular weight is 409 g/mol. The Balaban J connectivity index is 1.58. The van der Waals surface area contributed by atoms with E-state index in [4.69, 9.17) is 0 Å². The number of alkyl halides is 3. The fraction of sp³-hybridized carbons (Fsp3) is 0.130. The molecule has 1 atom stereocenters. The van der Waals surface area contributed by atoms with Crippen molar-refractivity contribution >= 4 is 16.8 Å². The fourth-order valence-corrected chi connectivity index (χ4v) is 3.47. The molecule has 2 heterocycles. The fourth-order valence-electron chi connectivity index (χ4n) is 3.47. The van der Waals surface area contributed by atoms with Crippen LogP contribution in [0.1, 0.15) is 33.1 Å². The minimum Gasteiger partial charge on any atom is -0.361 e. The first-order chi connectivity index (χ1) is 14.4. The predicted octanol–water partition coefficient (Wildman–Crippen LogP) is 5.14. The number of para-hydroxylation sites is 1. The summed E-state index contributed by atoms with van der Waals surface area (Å²) in [6.07, 6.45) is -1.67. The number of H-pyrrole nitrogens is 1. The van der Waals surface area contributed by atoms with Crippen LogP contribution >= 0.6 is 0 Å². The first kappa shape index (κ1) is 19.7. The second kappa shape index (κ2) is 8.02. The Hall–Kier alpha value is -3.61. The highest BCUT2D eigenvalue weighted by molar-refractivity contribution is 5.94. The van der Waals surface area contributed by atoms with Gasteiger partial charge in [-0.05, 0) is 29.3 Å². The molecule has 2 aromatic carbocycles. The number of carbonyl (C=O) groups excluding carboxylic acids is 1. The molecule has 2 N–H and O–H groups in total. The second-order valence-corrected chi connectivity index (χ2v) is 6.89. The van der Waals surface area contributed by atoms with Gasteiger partial charge in [0.2, 0.25) is 0 Å². The van der Waals surface area contributed by atoms with Crippen LogP contribution in [-0.2, 0) is 6.18 Å². The van der Waals surface area contributed by atoms with Gasteiger partial charge in [0, 0.05) is 35.8 Å². The van der Waals surface area contributed by atoms with E-state index >= 15 is 0 Å². The molecule has 0 fully saturated rings. The Kier molecular flexibility index (Phi) is 5.27. The molecule has 0 radical (unpaired) electrons. The van der Waals surface area contributed by atoms with Gasteiger partial charge in [0.15, 0.2) is 0 Å². The highest BCUT2D eigenvalue weighted by Crippen LogP contribution is 2.31. The van der Waals surface area contributed by atoms with Crippen molar-refractivity contribution in [1.82, 2.24) is 15.3 Å². The lowest BCUT2D eigenvalue weighted by atomic mass is 9.91. The molecule has 0 saturated carbocycles. The number of aromatic amines is 1. The third-order valence-electron chi connectivity index (χ3n) is 4.98. The SMILES string of the molecule is O=C(NCC(c1ccccc1)c1c[nH]c2ccccc12)c1ccc(C(F)(F)F)nc1. The van der Waals surface area contributed by atoms with E-state index in [0.717, 1.165) is 40.4 Å². The quantitative estimate of drug-likeness (QED) is 0.479. The van der Waals surface area contributed by atoms with E-state index in [-0.39, 0.29) is 18.0 Å². The second-order valence-electron chi connectivity index (χ2n) is 6.89. The number of rotatable bonds is 5. The van der Waals surface area contributed by atoms with E-state index < -0.39 is 17.8 Å². The summed E-state index contributed by atoms with van der Waals surface area (Å²) in [6, 6.07) is 19.6. The summed E-state index contributed by atoms with van der Waals surface area (Å²) in [5.74, 6) is -0.606. The maximum atomic E-state index is 12.7. The Morgan fingerprint density at radius 3 is 2.43 bits per heavy atom. The van der Waals surface area contributed by atoms with Crippen molar-refractivity contribution in [3.8, 4) is 0 Å². The monoisotopic (exact) mass is 409 g/mol. The zero-order valence-electron chi connectivity index (χ0n) is 15.8. The number of pyridine rings is 1. The molecule has 4 rings (SSSR count). The molecule has 0 aliphatic rings. The van der Waals surface area contributed by atoms with Crippen LogP contribution < -0.4 is 5.32 Å². The molecule has 0 spiro atoms. The van der Waals surface area contributed by atoms with E-state index in [1.54, 1.807) is 0 Å². The standard InChI is InChI=1S/C23H18F3N3O/c24-23(25,26)21-11-10-16(12-28-21)22(30)29-13-18(15-6-2-1-3-7-15)19-14-27-20-9-5-4-8-17(19)20/h1-12,14,18,27H,13H2,(H,29,30). The van der Waals surface area contributed by atoms with Crippen molar-refractivity contribution in [2.45, 2.75) is 12.1 Å². The van der Waals surface area contributed by atoms with E-state index in [1.807, 2.05) is 60.8 Å². The van der Waals surface area contributed by atoms with Gasteiger partial charge in [-0.2, -0.15) is 13.2 Å². The molecule has 2 aromatic heterocycles. The van der Waals surface area contributed by atoms with Crippen LogP contribution in [0.4, 0.5) is 13.2 Å². The number of nitrogens with zero attached hydrogens (tertiary/aromatic N) is 1. The van der Waals surface area contributed by atoms with E-state index in [1.165, 1.54) is 0 Å². The smallest absolute Gasteiger partial charge is 0.361 e. The predicted molar refractivity (Wildman–Crippen MR) is 108 cm³/mol. The van der Waals surface area contributed by atoms with Gasteiger partial charge < -0.3 is 10.3 Å². The largest absolute Gasteiger partial charge is 0.433 e. The number of hydrogen-bond donors (Lipinski definition) is 2. The van der Waals surface area contributed by atoms with Crippen LogP contribution in [0.5, 0.6) is 0 Å². The van der Waals surface area contributed by atoms with Crippen molar-refractivity contribution in [2.75, 3.05) is 6.54 Å². The van der Waals surface area contributed by atoms with Gasteiger partial charge in [-0.3, -0.25) is 9.78 Å². The molecule has 0 aliphatic carbocycles. The molecule has 1 amide bonds. The normalized spacial score (nSPS) is 12.6. The molecule has 4 nitrogen and oxygen atoms in total. The van der Waals surface area contributed by atoms with Crippen LogP contribution in [0.2, 0.25) is 0 Å². The summed E-state index contributed by atoms with van der Waals surface area (Å²) >= 11 is 0. The molecule has 0 aliphatic heterocycles. The number of fused-ring (bicyclic) bond motifs is 1.